The van der Waals surface area contributed by atoms with Crippen molar-refractivity contribution in [2.75, 3.05) is 0 Å². The molecule has 4 nitrogen and oxygen atoms in total. The summed E-state index contributed by atoms with van der Waals surface area (Å²) in [5.74, 6) is 0.212. The molecule has 0 spiro atoms. The maximum atomic E-state index is 12.8. The number of amides is 2. The van der Waals surface area contributed by atoms with Crippen LogP contribution in [-0.4, -0.2) is 16.0 Å². The van der Waals surface area contributed by atoms with Crippen LogP contribution in [0.4, 0.5) is 4.79 Å². The molecule has 0 saturated carbocycles. The molecule has 0 radical (unpaired) electrons. The van der Waals surface area contributed by atoms with E-state index < -0.39 is 0 Å². The van der Waals surface area contributed by atoms with Crippen LogP contribution in [0, 0.1) is 0 Å². The van der Waals surface area contributed by atoms with Crippen LogP contribution in [0.1, 0.15) is 16.7 Å². The molecule has 2 amide bonds. The minimum absolute atomic E-state index is 0.230. The molecule has 0 aliphatic carbocycles. The standard InChI is InChI=1S/C24H16BrCl2NO3S/c25-18-6-1-15(2-7-18)13-28-23(29)22(32-24(28)30)12-17-5-10-21(20(27)11-17)31-14-16-3-8-19(26)9-4-16/h1-12H,13-14H2/b22-12-. The van der Waals surface area contributed by atoms with Gasteiger partial charge in [-0.15, -0.1) is 0 Å². The van der Waals surface area contributed by atoms with Gasteiger partial charge >= 0.3 is 0 Å². The highest BCUT2D eigenvalue weighted by Gasteiger charge is 2.35. The summed E-state index contributed by atoms with van der Waals surface area (Å²) in [6, 6.07) is 20.1. The second kappa shape index (κ2) is 10.1. The van der Waals surface area contributed by atoms with Crippen LogP contribution >= 0.6 is 50.9 Å². The van der Waals surface area contributed by atoms with Crippen molar-refractivity contribution in [1.29, 1.82) is 0 Å². The van der Waals surface area contributed by atoms with Crippen molar-refractivity contribution in [3.8, 4) is 5.75 Å². The first kappa shape index (κ1) is 22.9. The van der Waals surface area contributed by atoms with Crippen LogP contribution in [0.2, 0.25) is 10.0 Å². The molecule has 8 heteroatoms. The van der Waals surface area contributed by atoms with E-state index in [0.717, 1.165) is 27.4 Å². The molecule has 0 bridgehead atoms. The fraction of sp³-hybridized carbons (Fsp3) is 0.0833. The Bertz CT molecular complexity index is 1200. The first-order chi connectivity index (χ1) is 15.4. The maximum absolute atomic E-state index is 12.8. The summed E-state index contributed by atoms with van der Waals surface area (Å²) < 4.78 is 6.72. The second-order valence-electron chi connectivity index (χ2n) is 7.00. The molecular formula is C24H16BrCl2NO3S. The zero-order valence-corrected chi connectivity index (χ0v) is 20.5. The maximum Gasteiger partial charge on any atom is 0.293 e. The summed E-state index contributed by atoms with van der Waals surface area (Å²) in [5.41, 5.74) is 2.55. The molecule has 1 aliphatic heterocycles. The number of halogens is 3. The van der Waals surface area contributed by atoms with Crippen molar-refractivity contribution in [2.24, 2.45) is 0 Å². The molecule has 4 rings (SSSR count). The van der Waals surface area contributed by atoms with Gasteiger partial charge in [-0.25, -0.2) is 0 Å². The van der Waals surface area contributed by atoms with Crippen LogP contribution in [0.3, 0.4) is 0 Å². The van der Waals surface area contributed by atoms with Crippen molar-refractivity contribution in [2.45, 2.75) is 13.2 Å². The Morgan fingerprint density at radius 3 is 2.31 bits per heavy atom. The van der Waals surface area contributed by atoms with Gasteiger partial charge in [-0.05, 0) is 70.9 Å². The van der Waals surface area contributed by atoms with Crippen LogP contribution in [0.25, 0.3) is 6.08 Å². The van der Waals surface area contributed by atoms with Crippen molar-refractivity contribution in [1.82, 2.24) is 4.90 Å². The minimum atomic E-state index is -0.317. The summed E-state index contributed by atoms with van der Waals surface area (Å²) >= 11 is 16.6. The normalized spacial score (nSPS) is 15.0. The summed E-state index contributed by atoms with van der Waals surface area (Å²) in [6.07, 6.45) is 1.67. The third kappa shape index (κ3) is 5.56. The third-order valence-corrected chi connectivity index (χ3v) is 6.67. The zero-order valence-electron chi connectivity index (χ0n) is 16.6. The number of benzene rings is 3. The number of hydrogen-bond acceptors (Lipinski definition) is 4. The van der Waals surface area contributed by atoms with E-state index in [9.17, 15) is 9.59 Å². The van der Waals surface area contributed by atoms with E-state index in [2.05, 4.69) is 15.9 Å². The quantitative estimate of drug-likeness (QED) is 0.298. The average molecular weight is 549 g/mol. The van der Waals surface area contributed by atoms with Gasteiger partial charge in [0.05, 0.1) is 16.5 Å². The molecule has 32 heavy (non-hydrogen) atoms. The van der Waals surface area contributed by atoms with Crippen LogP contribution < -0.4 is 4.74 Å². The van der Waals surface area contributed by atoms with E-state index in [1.165, 1.54) is 4.90 Å². The Labute approximate surface area is 208 Å². The van der Waals surface area contributed by atoms with E-state index in [4.69, 9.17) is 27.9 Å². The second-order valence-corrected chi connectivity index (χ2v) is 9.75. The molecule has 1 fully saturated rings. The van der Waals surface area contributed by atoms with E-state index in [-0.39, 0.29) is 17.7 Å². The lowest BCUT2D eigenvalue weighted by molar-refractivity contribution is -0.123. The Morgan fingerprint density at radius 1 is 0.938 bits per heavy atom. The van der Waals surface area contributed by atoms with Gasteiger partial charge in [0.15, 0.2) is 0 Å². The summed E-state index contributed by atoms with van der Waals surface area (Å²) in [6.45, 7) is 0.582. The van der Waals surface area contributed by atoms with Gasteiger partial charge in [0.2, 0.25) is 0 Å². The van der Waals surface area contributed by atoms with Gasteiger partial charge in [-0.3, -0.25) is 14.5 Å². The Morgan fingerprint density at radius 2 is 1.62 bits per heavy atom. The SMILES string of the molecule is O=C1S/C(=C\c2ccc(OCc3ccc(Cl)cc3)c(Cl)c2)C(=O)N1Cc1ccc(Br)cc1. The number of ether oxygens (including phenoxy) is 1. The number of carbonyl (C=O) groups is 2. The average Bonchev–Trinajstić information content (AvgIpc) is 3.03. The highest BCUT2D eigenvalue weighted by Crippen LogP contribution is 2.35. The smallest absolute Gasteiger partial charge is 0.293 e. The third-order valence-electron chi connectivity index (χ3n) is 4.69. The molecular weight excluding hydrogens is 533 g/mol. The largest absolute Gasteiger partial charge is 0.487 e. The van der Waals surface area contributed by atoms with Gasteiger partial charge < -0.3 is 4.74 Å². The lowest BCUT2D eigenvalue weighted by atomic mass is 10.2. The van der Waals surface area contributed by atoms with Crippen LogP contribution in [-0.2, 0) is 17.9 Å². The highest BCUT2D eigenvalue weighted by molar-refractivity contribution is 9.10. The van der Waals surface area contributed by atoms with Gasteiger partial charge in [-0.1, -0.05) is 69.5 Å². The Hall–Kier alpha value is -2.25. The lowest BCUT2D eigenvalue weighted by Crippen LogP contribution is -2.27. The number of nitrogens with zero attached hydrogens (tertiary/aromatic N) is 1. The van der Waals surface area contributed by atoms with Crippen molar-refractivity contribution >= 4 is 68.1 Å². The number of hydrogen-bond donors (Lipinski definition) is 0. The highest BCUT2D eigenvalue weighted by atomic mass is 79.9. The monoisotopic (exact) mass is 547 g/mol. The van der Waals surface area contributed by atoms with Gasteiger partial charge in [0.1, 0.15) is 12.4 Å². The molecule has 0 N–H and O–H groups in total. The zero-order chi connectivity index (χ0) is 22.7. The number of carbonyl (C=O) groups excluding carboxylic acids is 2. The fourth-order valence-corrected chi connectivity index (χ4v) is 4.50. The van der Waals surface area contributed by atoms with Crippen molar-refractivity contribution < 1.29 is 14.3 Å². The molecule has 1 saturated heterocycles. The van der Waals surface area contributed by atoms with Gasteiger partial charge in [0.25, 0.3) is 11.1 Å². The predicted octanol–water partition coefficient (Wildman–Crippen LogP) is 7.57. The fourth-order valence-electron chi connectivity index (χ4n) is 3.03. The molecule has 0 aromatic heterocycles. The minimum Gasteiger partial charge on any atom is -0.487 e. The van der Waals surface area contributed by atoms with Crippen LogP contribution in [0.15, 0.2) is 76.1 Å². The first-order valence-electron chi connectivity index (χ1n) is 9.55. The number of imide groups is 1. The number of thioether (sulfide) groups is 1. The molecule has 3 aromatic rings. The molecule has 1 aliphatic rings. The van der Waals surface area contributed by atoms with Crippen molar-refractivity contribution in [3.05, 3.63) is 103 Å². The van der Waals surface area contributed by atoms with E-state index in [1.54, 1.807) is 36.4 Å². The molecule has 0 unspecified atom stereocenters. The molecule has 0 atom stereocenters. The topological polar surface area (TPSA) is 46.6 Å². The lowest BCUT2D eigenvalue weighted by Gasteiger charge is -2.12. The van der Waals surface area contributed by atoms with E-state index in [1.807, 2.05) is 36.4 Å². The van der Waals surface area contributed by atoms with Crippen molar-refractivity contribution in [3.63, 3.8) is 0 Å². The van der Waals surface area contributed by atoms with Crippen LogP contribution in [0.5, 0.6) is 5.75 Å². The Kier molecular flexibility index (Phi) is 7.26. The Balaban J connectivity index is 1.44. The molecule has 162 valence electrons. The summed E-state index contributed by atoms with van der Waals surface area (Å²) in [5, 5.41) is 0.789. The first-order valence-corrected chi connectivity index (χ1v) is 11.9. The van der Waals surface area contributed by atoms with Gasteiger partial charge in [-0.2, -0.15) is 0 Å². The van der Waals surface area contributed by atoms with E-state index >= 15 is 0 Å². The van der Waals surface area contributed by atoms with Gasteiger partial charge in [0, 0.05) is 9.50 Å². The molecule has 3 aromatic carbocycles. The number of rotatable bonds is 6. The predicted molar refractivity (Wildman–Crippen MR) is 133 cm³/mol. The molecule has 1 heterocycles. The van der Waals surface area contributed by atoms with E-state index in [0.29, 0.717) is 32.9 Å². The summed E-state index contributed by atoms with van der Waals surface area (Å²) in [4.78, 5) is 26.7. The summed E-state index contributed by atoms with van der Waals surface area (Å²) in [7, 11) is 0.